The predicted octanol–water partition coefficient (Wildman–Crippen LogP) is 3.61. The summed E-state index contributed by atoms with van der Waals surface area (Å²) in [5.74, 6) is 0.592. The SMILES string of the molecule is CCNC(C)c1cccc(SC(C)C(=O)NCC(C)C)c1. The third-order valence-corrected chi connectivity index (χ3v) is 4.33. The maximum atomic E-state index is 12.0. The van der Waals surface area contributed by atoms with Crippen molar-refractivity contribution < 1.29 is 4.79 Å². The molecule has 0 aliphatic carbocycles. The largest absolute Gasteiger partial charge is 0.355 e. The molecule has 0 spiro atoms. The molecule has 1 rings (SSSR count). The van der Waals surface area contributed by atoms with E-state index in [2.05, 4.69) is 62.6 Å². The van der Waals surface area contributed by atoms with Crippen LogP contribution in [0.1, 0.15) is 46.2 Å². The van der Waals surface area contributed by atoms with Crippen molar-refractivity contribution in [3.8, 4) is 0 Å². The van der Waals surface area contributed by atoms with Crippen molar-refractivity contribution in [2.24, 2.45) is 5.92 Å². The smallest absolute Gasteiger partial charge is 0.233 e. The molecule has 2 unspecified atom stereocenters. The molecule has 0 saturated heterocycles. The van der Waals surface area contributed by atoms with E-state index in [-0.39, 0.29) is 11.2 Å². The average Bonchev–Trinajstić information content (AvgIpc) is 2.45. The van der Waals surface area contributed by atoms with Crippen LogP contribution in [0.5, 0.6) is 0 Å². The monoisotopic (exact) mass is 308 g/mol. The summed E-state index contributed by atoms with van der Waals surface area (Å²) in [4.78, 5) is 13.2. The second-order valence-corrected chi connectivity index (χ2v) is 7.17. The molecule has 21 heavy (non-hydrogen) atoms. The molecule has 0 aromatic heterocycles. The average molecular weight is 308 g/mol. The Morgan fingerprint density at radius 3 is 2.57 bits per heavy atom. The highest BCUT2D eigenvalue weighted by atomic mass is 32.2. The zero-order chi connectivity index (χ0) is 15.8. The van der Waals surface area contributed by atoms with E-state index in [4.69, 9.17) is 0 Å². The molecule has 0 aliphatic heterocycles. The van der Waals surface area contributed by atoms with Crippen LogP contribution in [-0.2, 0) is 4.79 Å². The molecular formula is C17H28N2OS. The summed E-state index contributed by atoms with van der Waals surface area (Å²) in [6, 6.07) is 8.76. The Balaban J connectivity index is 2.61. The van der Waals surface area contributed by atoms with Crippen LogP contribution in [0.4, 0.5) is 0 Å². The van der Waals surface area contributed by atoms with Crippen molar-refractivity contribution in [2.45, 2.75) is 50.8 Å². The van der Waals surface area contributed by atoms with E-state index < -0.39 is 0 Å². The minimum atomic E-state index is -0.0755. The second kappa shape index (κ2) is 9.11. The number of nitrogens with one attached hydrogen (secondary N) is 2. The fourth-order valence-corrected chi connectivity index (χ4v) is 2.95. The number of thioether (sulfide) groups is 1. The van der Waals surface area contributed by atoms with Crippen molar-refractivity contribution in [3.05, 3.63) is 29.8 Å². The molecule has 0 radical (unpaired) electrons. The minimum absolute atomic E-state index is 0.0755. The zero-order valence-corrected chi connectivity index (χ0v) is 14.6. The summed E-state index contributed by atoms with van der Waals surface area (Å²) in [6.07, 6.45) is 0. The van der Waals surface area contributed by atoms with Gasteiger partial charge in [-0.2, -0.15) is 0 Å². The molecule has 0 heterocycles. The molecule has 4 heteroatoms. The first-order valence-electron chi connectivity index (χ1n) is 7.71. The highest BCUT2D eigenvalue weighted by Gasteiger charge is 2.15. The highest BCUT2D eigenvalue weighted by molar-refractivity contribution is 8.00. The highest BCUT2D eigenvalue weighted by Crippen LogP contribution is 2.26. The predicted molar refractivity (Wildman–Crippen MR) is 91.7 cm³/mol. The summed E-state index contributed by atoms with van der Waals surface area (Å²) in [7, 11) is 0. The third-order valence-electron chi connectivity index (χ3n) is 3.24. The summed E-state index contributed by atoms with van der Waals surface area (Å²) < 4.78 is 0. The molecule has 1 amide bonds. The maximum Gasteiger partial charge on any atom is 0.233 e. The Labute approximate surface area is 133 Å². The summed E-state index contributed by atoms with van der Waals surface area (Å²) in [5.41, 5.74) is 1.26. The van der Waals surface area contributed by atoms with Gasteiger partial charge >= 0.3 is 0 Å². The lowest BCUT2D eigenvalue weighted by Gasteiger charge is -2.16. The maximum absolute atomic E-state index is 12.0. The van der Waals surface area contributed by atoms with Gasteiger partial charge in [0.05, 0.1) is 5.25 Å². The molecule has 0 bridgehead atoms. The molecule has 3 nitrogen and oxygen atoms in total. The number of carbonyl (C=O) groups excluding carboxylic acids is 1. The van der Waals surface area contributed by atoms with Gasteiger partial charge in [0.25, 0.3) is 0 Å². The summed E-state index contributed by atoms with van der Waals surface area (Å²) in [5, 5.41) is 6.32. The van der Waals surface area contributed by atoms with Crippen molar-refractivity contribution in [1.82, 2.24) is 10.6 Å². The van der Waals surface area contributed by atoms with Crippen LogP contribution in [0.3, 0.4) is 0 Å². The van der Waals surface area contributed by atoms with Crippen molar-refractivity contribution >= 4 is 17.7 Å². The first-order valence-corrected chi connectivity index (χ1v) is 8.59. The van der Waals surface area contributed by atoms with Crippen LogP contribution in [0.2, 0.25) is 0 Å². The third kappa shape index (κ3) is 6.53. The first-order chi connectivity index (χ1) is 9.93. The Bertz CT molecular complexity index is 448. The van der Waals surface area contributed by atoms with E-state index in [0.717, 1.165) is 18.0 Å². The van der Waals surface area contributed by atoms with E-state index in [1.807, 2.05) is 6.92 Å². The summed E-state index contributed by atoms with van der Waals surface area (Å²) >= 11 is 1.61. The van der Waals surface area contributed by atoms with E-state index in [0.29, 0.717) is 12.0 Å². The first kappa shape index (κ1) is 18.1. The van der Waals surface area contributed by atoms with Crippen molar-refractivity contribution in [2.75, 3.05) is 13.1 Å². The molecule has 1 aromatic carbocycles. The van der Waals surface area contributed by atoms with Gasteiger partial charge in [0.2, 0.25) is 5.91 Å². The van der Waals surface area contributed by atoms with Gasteiger partial charge in [-0.05, 0) is 44.0 Å². The molecule has 2 N–H and O–H groups in total. The van der Waals surface area contributed by atoms with Gasteiger partial charge < -0.3 is 10.6 Å². The molecule has 0 saturated carbocycles. The summed E-state index contributed by atoms with van der Waals surface area (Å²) in [6.45, 7) is 12.1. The number of amides is 1. The van der Waals surface area contributed by atoms with Gasteiger partial charge in [0.15, 0.2) is 0 Å². The van der Waals surface area contributed by atoms with E-state index in [1.165, 1.54) is 5.56 Å². The Hall–Kier alpha value is -1.00. The number of rotatable bonds is 8. The van der Waals surface area contributed by atoms with Gasteiger partial charge in [-0.3, -0.25) is 4.79 Å². The quantitative estimate of drug-likeness (QED) is 0.721. The van der Waals surface area contributed by atoms with Crippen molar-refractivity contribution in [3.63, 3.8) is 0 Å². The van der Waals surface area contributed by atoms with Gasteiger partial charge in [-0.1, -0.05) is 32.9 Å². The number of hydrogen-bond donors (Lipinski definition) is 2. The Morgan fingerprint density at radius 2 is 1.95 bits per heavy atom. The molecule has 2 atom stereocenters. The van der Waals surface area contributed by atoms with Gasteiger partial charge in [-0.25, -0.2) is 0 Å². The van der Waals surface area contributed by atoms with Crippen LogP contribution >= 0.6 is 11.8 Å². The van der Waals surface area contributed by atoms with E-state index >= 15 is 0 Å². The standard InChI is InChI=1S/C17H28N2OS/c1-6-18-13(4)15-8-7-9-16(10-15)21-14(5)17(20)19-11-12(2)3/h7-10,12-14,18H,6,11H2,1-5H3,(H,19,20). The van der Waals surface area contributed by atoms with Gasteiger partial charge in [0.1, 0.15) is 0 Å². The van der Waals surface area contributed by atoms with E-state index in [9.17, 15) is 4.79 Å². The fourth-order valence-electron chi connectivity index (χ4n) is 1.99. The Morgan fingerprint density at radius 1 is 1.24 bits per heavy atom. The van der Waals surface area contributed by atoms with Crippen LogP contribution in [0, 0.1) is 5.92 Å². The van der Waals surface area contributed by atoms with Crippen LogP contribution in [-0.4, -0.2) is 24.2 Å². The second-order valence-electron chi connectivity index (χ2n) is 5.75. The molecule has 0 fully saturated rings. The van der Waals surface area contributed by atoms with Crippen molar-refractivity contribution in [1.29, 1.82) is 0 Å². The van der Waals surface area contributed by atoms with Gasteiger partial charge in [0, 0.05) is 17.5 Å². The topological polar surface area (TPSA) is 41.1 Å². The normalized spacial score (nSPS) is 14.0. The van der Waals surface area contributed by atoms with E-state index in [1.54, 1.807) is 11.8 Å². The van der Waals surface area contributed by atoms with Crippen LogP contribution in [0.25, 0.3) is 0 Å². The molecule has 118 valence electrons. The van der Waals surface area contributed by atoms with Crippen LogP contribution < -0.4 is 10.6 Å². The minimum Gasteiger partial charge on any atom is -0.355 e. The Kier molecular flexibility index (Phi) is 7.83. The molecule has 1 aromatic rings. The lowest BCUT2D eigenvalue weighted by atomic mass is 10.1. The van der Waals surface area contributed by atoms with Crippen LogP contribution in [0.15, 0.2) is 29.2 Å². The lowest BCUT2D eigenvalue weighted by Crippen LogP contribution is -2.33. The lowest BCUT2D eigenvalue weighted by molar-refractivity contribution is -0.120. The fraction of sp³-hybridized carbons (Fsp3) is 0.588. The number of carbonyl (C=O) groups is 1. The molecular weight excluding hydrogens is 280 g/mol. The number of benzene rings is 1. The van der Waals surface area contributed by atoms with Gasteiger partial charge in [-0.15, -0.1) is 11.8 Å². The zero-order valence-electron chi connectivity index (χ0n) is 13.8. The number of hydrogen-bond acceptors (Lipinski definition) is 3. The molecule has 0 aliphatic rings.